The number of nitrogens with zero attached hydrogens (tertiary/aromatic N) is 4. The van der Waals surface area contributed by atoms with E-state index in [1.165, 1.54) is 12.6 Å². The van der Waals surface area contributed by atoms with E-state index in [9.17, 15) is 13.7 Å². The number of aromatic nitrogens is 2. The smallest absolute Gasteiger partial charge is 0.244 e. The van der Waals surface area contributed by atoms with Gasteiger partial charge < -0.3 is 0 Å². The van der Waals surface area contributed by atoms with Gasteiger partial charge in [-0.1, -0.05) is 6.07 Å². The fourth-order valence-electron chi connectivity index (χ4n) is 3.24. The summed E-state index contributed by atoms with van der Waals surface area (Å²) in [6.07, 6.45) is 7.45. The van der Waals surface area contributed by atoms with Crippen LogP contribution in [-0.2, 0) is 29.4 Å². The van der Waals surface area contributed by atoms with Crippen molar-refractivity contribution in [2.45, 2.75) is 49.6 Å². The van der Waals surface area contributed by atoms with Crippen molar-refractivity contribution in [2.24, 2.45) is 0 Å². The minimum Gasteiger partial charge on any atom is -0.269 e. The number of sulfonamides is 1. The summed E-state index contributed by atoms with van der Waals surface area (Å²) in [6, 6.07) is 7.47. The summed E-state index contributed by atoms with van der Waals surface area (Å²) in [5, 5.41) is 13.9. The third kappa shape index (κ3) is 3.56. The maximum absolute atomic E-state index is 13.2. The first-order valence-electron chi connectivity index (χ1n) is 8.46. The Morgan fingerprint density at radius 1 is 1.35 bits per heavy atom. The monoisotopic (exact) mass is 436 g/mol. The van der Waals surface area contributed by atoms with E-state index in [4.69, 9.17) is 0 Å². The molecule has 1 aliphatic rings. The van der Waals surface area contributed by atoms with Crippen LogP contribution in [-0.4, -0.2) is 35.1 Å². The molecule has 1 aliphatic carbocycles. The summed E-state index contributed by atoms with van der Waals surface area (Å²) in [4.78, 5) is 0.240. The standard InChI is InChI=1S/C18H21BrN4O2S/c1-18(12-20,13-23-11-16(19)10-21-23)22(2)26(24,25)17-8-7-14-5-3-4-6-15(14)9-17/h7-11H,3-6,13H2,1-2H3/t18-/m0/s1. The van der Waals surface area contributed by atoms with E-state index in [2.05, 4.69) is 27.1 Å². The molecule has 1 aromatic heterocycles. The van der Waals surface area contributed by atoms with Gasteiger partial charge in [0.15, 0.2) is 0 Å². The molecule has 8 heteroatoms. The predicted molar refractivity (Wildman–Crippen MR) is 102 cm³/mol. The lowest BCUT2D eigenvalue weighted by molar-refractivity contribution is 0.266. The van der Waals surface area contributed by atoms with Crippen LogP contribution in [0, 0.1) is 11.3 Å². The lowest BCUT2D eigenvalue weighted by Gasteiger charge is -2.32. The molecule has 138 valence electrons. The normalized spacial score (nSPS) is 16.7. The Balaban J connectivity index is 1.93. The summed E-state index contributed by atoms with van der Waals surface area (Å²) in [5.74, 6) is 0. The van der Waals surface area contributed by atoms with Crippen LogP contribution in [0.25, 0.3) is 0 Å². The molecule has 2 aromatic rings. The first-order chi connectivity index (χ1) is 12.3. The zero-order valence-corrected chi connectivity index (χ0v) is 17.2. The zero-order valence-electron chi connectivity index (χ0n) is 14.8. The van der Waals surface area contributed by atoms with E-state index < -0.39 is 15.6 Å². The fourth-order valence-corrected chi connectivity index (χ4v) is 5.04. The van der Waals surface area contributed by atoms with Gasteiger partial charge in [0.25, 0.3) is 0 Å². The summed E-state index contributed by atoms with van der Waals surface area (Å²) in [7, 11) is -2.34. The van der Waals surface area contributed by atoms with Gasteiger partial charge in [-0.2, -0.15) is 14.7 Å². The van der Waals surface area contributed by atoms with E-state index in [-0.39, 0.29) is 11.4 Å². The van der Waals surface area contributed by atoms with Crippen LogP contribution in [0.4, 0.5) is 0 Å². The highest BCUT2D eigenvalue weighted by molar-refractivity contribution is 9.10. The maximum Gasteiger partial charge on any atom is 0.244 e. The molecule has 0 spiro atoms. The number of fused-ring (bicyclic) bond motifs is 1. The van der Waals surface area contributed by atoms with Gasteiger partial charge in [0.1, 0.15) is 5.54 Å². The molecular formula is C18H21BrN4O2S. The van der Waals surface area contributed by atoms with Crippen molar-refractivity contribution >= 4 is 26.0 Å². The number of likely N-dealkylation sites (N-methyl/N-ethyl adjacent to an activating group) is 1. The molecule has 0 radical (unpaired) electrons. The molecular weight excluding hydrogens is 416 g/mol. The predicted octanol–water partition coefficient (Wildman–Crippen LogP) is 3.13. The van der Waals surface area contributed by atoms with Crippen molar-refractivity contribution in [1.82, 2.24) is 14.1 Å². The van der Waals surface area contributed by atoms with Crippen LogP contribution in [0.3, 0.4) is 0 Å². The molecule has 26 heavy (non-hydrogen) atoms. The second kappa shape index (κ2) is 7.14. The van der Waals surface area contributed by atoms with E-state index in [1.54, 1.807) is 36.1 Å². The molecule has 0 unspecified atom stereocenters. The van der Waals surface area contributed by atoms with Crippen molar-refractivity contribution < 1.29 is 8.42 Å². The number of halogens is 1. The zero-order chi connectivity index (χ0) is 18.9. The van der Waals surface area contributed by atoms with E-state index in [0.29, 0.717) is 0 Å². The molecule has 0 bridgehead atoms. The van der Waals surface area contributed by atoms with Crippen LogP contribution >= 0.6 is 15.9 Å². The van der Waals surface area contributed by atoms with Crippen molar-refractivity contribution in [3.63, 3.8) is 0 Å². The Morgan fingerprint density at radius 2 is 2.04 bits per heavy atom. The van der Waals surface area contributed by atoms with Crippen molar-refractivity contribution in [2.75, 3.05) is 7.05 Å². The van der Waals surface area contributed by atoms with Gasteiger partial charge in [-0.15, -0.1) is 0 Å². The number of aryl methyl sites for hydroxylation is 2. The highest BCUT2D eigenvalue weighted by Gasteiger charge is 2.39. The van der Waals surface area contributed by atoms with Crippen LogP contribution in [0.2, 0.25) is 0 Å². The van der Waals surface area contributed by atoms with Crippen molar-refractivity contribution in [3.8, 4) is 6.07 Å². The average molecular weight is 437 g/mol. The van der Waals surface area contributed by atoms with Crippen LogP contribution in [0.15, 0.2) is 40.0 Å². The van der Waals surface area contributed by atoms with Gasteiger partial charge in [-0.25, -0.2) is 8.42 Å². The largest absolute Gasteiger partial charge is 0.269 e. The minimum atomic E-state index is -3.80. The first kappa shape index (κ1) is 19.1. The SMILES string of the molecule is CN([C@@](C)(C#N)Cn1cc(Br)cn1)S(=O)(=O)c1ccc2c(c1)CCCC2. The summed E-state index contributed by atoms with van der Waals surface area (Å²) in [5.41, 5.74) is 1.06. The second-order valence-electron chi connectivity index (χ2n) is 6.85. The number of rotatable bonds is 5. The molecule has 1 heterocycles. The topological polar surface area (TPSA) is 79.0 Å². The Hall–Kier alpha value is -1.69. The molecule has 1 aromatic carbocycles. The molecule has 3 rings (SSSR count). The van der Waals surface area contributed by atoms with E-state index in [0.717, 1.165) is 40.0 Å². The summed E-state index contributed by atoms with van der Waals surface area (Å²) < 4.78 is 29.8. The van der Waals surface area contributed by atoms with Crippen LogP contribution in [0.1, 0.15) is 30.9 Å². The van der Waals surface area contributed by atoms with Crippen LogP contribution < -0.4 is 0 Å². The van der Waals surface area contributed by atoms with Gasteiger partial charge in [0.2, 0.25) is 10.0 Å². The molecule has 0 aliphatic heterocycles. The molecule has 0 saturated heterocycles. The summed E-state index contributed by atoms with van der Waals surface area (Å²) in [6.45, 7) is 1.74. The van der Waals surface area contributed by atoms with E-state index in [1.807, 2.05) is 6.07 Å². The Morgan fingerprint density at radius 3 is 2.65 bits per heavy atom. The van der Waals surface area contributed by atoms with Crippen LogP contribution in [0.5, 0.6) is 0 Å². The molecule has 0 N–H and O–H groups in total. The van der Waals surface area contributed by atoms with Gasteiger partial charge in [-0.3, -0.25) is 4.68 Å². The first-order valence-corrected chi connectivity index (χ1v) is 10.7. The number of hydrogen-bond donors (Lipinski definition) is 0. The summed E-state index contributed by atoms with van der Waals surface area (Å²) >= 11 is 3.31. The quantitative estimate of drug-likeness (QED) is 0.720. The molecule has 0 fully saturated rings. The lowest BCUT2D eigenvalue weighted by atomic mass is 9.92. The van der Waals surface area contributed by atoms with Gasteiger partial charge in [0.05, 0.1) is 28.2 Å². The van der Waals surface area contributed by atoms with Gasteiger partial charge >= 0.3 is 0 Å². The van der Waals surface area contributed by atoms with E-state index >= 15 is 0 Å². The number of nitriles is 1. The highest BCUT2D eigenvalue weighted by Crippen LogP contribution is 2.28. The van der Waals surface area contributed by atoms with Gasteiger partial charge in [0, 0.05) is 13.2 Å². The Labute approximate surface area is 162 Å². The molecule has 1 atom stereocenters. The fraction of sp³-hybridized carbons (Fsp3) is 0.444. The minimum absolute atomic E-state index is 0.135. The maximum atomic E-state index is 13.2. The number of benzene rings is 1. The van der Waals surface area contributed by atoms with Gasteiger partial charge in [-0.05, 0) is 71.8 Å². The third-order valence-electron chi connectivity index (χ3n) is 4.99. The third-order valence-corrected chi connectivity index (χ3v) is 7.37. The second-order valence-corrected chi connectivity index (χ2v) is 9.74. The molecule has 0 saturated carbocycles. The highest BCUT2D eigenvalue weighted by atomic mass is 79.9. The Bertz CT molecular complexity index is 964. The molecule has 0 amide bonds. The van der Waals surface area contributed by atoms with Crippen molar-refractivity contribution in [3.05, 3.63) is 46.2 Å². The number of hydrogen-bond acceptors (Lipinski definition) is 4. The lowest BCUT2D eigenvalue weighted by Crippen LogP contribution is -2.49. The molecule has 6 nitrogen and oxygen atoms in total. The van der Waals surface area contributed by atoms with Crippen molar-refractivity contribution in [1.29, 1.82) is 5.26 Å². The Kier molecular flexibility index (Phi) is 5.24. The average Bonchev–Trinajstić information content (AvgIpc) is 3.04.